The number of nitrogens with zero attached hydrogens (tertiary/aromatic N) is 3. The van der Waals surface area contributed by atoms with Crippen LogP contribution in [0.25, 0.3) is 0 Å². The van der Waals surface area contributed by atoms with Crippen molar-refractivity contribution in [2.45, 2.75) is 13.5 Å². The summed E-state index contributed by atoms with van der Waals surface area (Å²) in [6, 6.07) is 12.4. The molecule has 2 aromatic heterocycles. The molecule has 0 unspecified atom stereocenters. The van der Waals surface area contributed by atoms with Crippen LogP contribution in [0.4, 0.5) is 5.82 Å². The Morgan fingerprint density at radius 2 is 1.93 bits per heavy atom. The number of anilines is 1. The van der Waals surface area contributed by atoms with Gasteiger partial charge in [0.05, 0.1) is 12.8 Å². The van der Waals surface area contributed by atoms with Gasteiger partial charge in [-0.2, -0.15) is 10.4 Å². The standard InChI is InChI=1S/C19H18N4O4/c1-3-25-14-4-6-15(7-5-14)26-12-16-8-9-17(27-16)19(24)22-18-13(10-20)11-21-23(18)2/h4-9,11H,3,12H2,1-2H3,(H,22,24). The van der Waals surface area contributed by atoms with Gasteiger partial charge in [-0.05, 0) is 43.3 Å². The number of nitrogens with one attached hydrogen (secondary N) is 1. The van der Waals surface area contributed by atoms with Crippen LogP contribution < -0.4 is 14.8 Å². The Labute approximate surface area is 155 Å². The molecule has 3 aromatic rings. The van der Waals surface area contributed by atoms with Gasteiger partial charge in [-0.1, -0.05) is 0 Å². The third-order valence-electron chi connectivity index (χ3n) is 3.69. The molecule has 8 heteroatoms. The second-order valence-electron chi connectivity index (χ2n) is 5.56. The van der Waals surface area contributed by atoms with Crippen molar-refractivity contribution in [2.24, 2.45) is 7.05 Å². The molecule has 0 fully saturated rings. The van der Waals surface area contributed by atoms with Gasteiger partial charge in [-0.15, -0.1) is 0 Å². The highest BCUT2D eigenvalue weighted by molar-refractivity contribution is 6.02. The molecule has 0 aliphatic rings. The van der Waals surface area contributed by atoms with Crippen molar-refractivity contribution >= 4 is 11.7 Å². The topological polar surface area (TPSA) is 102 Å². The molecule has 0 saturated carbocycles. The molecule has 0 spiro atoms. The van der Waals surface area contributed by atoms with E-state index >= 15 is 0 Å². The number of ether oxygens (including phenoxy) is 2. The van der Waals surface area contributed by atoms with Crippen molar-refractivity contribution in [1.82, 2.24) is 9.78 Å². The fraction of sp³-hybridized carbons (Fsp3) is 0.211. The largest absolute Gasteiger partial charge is 0.494 e. The number of benzene rings is 1. The number of aryl methyl sites for hydroxylation is 1. The molecule has 0 aliphatic carbocycles. The maximum atomic E-state index is 12.3. The SMILES string of the molecule is CCOc1ccc(OCc2ccc(C(=O)Nc3c(C#N)cnn3C)o2)cc1. The summed E-state index contributed by atoms with van der Waals surface area (Å²) in [5, 5.41) is 15.6. The lowest BCUT2D eigenvalue weighted by molar-refractivity contribution is 0.0991. The van der Waals surface area contributed by atoms with E-state index in [1.165, 1.54) is 10.9 Å². The van der Waals surface area contributed by atoms with Crippen LogP contribution in [-0.2, 0) is 13.7 Å². The smallest absolute Gasteiger partial charge is 0.292 e. The molecule has 0 bridgehead atoms. The molecule has 3 rings (SSSR count). The van der Waals surface area contributed by atoms with Crippen molar-refractivity contribution in [3.05, 3.63) is 59.7 Å². The van der Waals surface area contributed by atoms with E-state index in [9.17, 15) is 4.79 Å². The molecule has 1 N–H and O–H groups in total. The van der Waals surface area contributed by atoms with Crippen molar-refractivity contribution in [3.8, 4) is 17.6 Å². The van der Waals surface area contributed by atoms with Gasteiger partial charge in [0.15, 0.2) is 5.76 Å². The van der Waals surface area contributed by atoms with Crippen LogP contribution in [0.15, 0.2) is 47.0 Å². The average Bonchev–Trinajstić information content (AvgIpc) is 3.29. The van der Waals surface area contributed by atoms with E-state index in [4.69, 9.17) is 19.2 Å². The van der Waals surface area contributed by atoms with Gasteiger partial charge < -0.3 is 19.2 Å². The first-order valence-corrected chi connectivity index (χ1v) is 8.28. The van der Waals surface area contributed by atoms with Crippen LogP contribution >= 0.6 is 0 Å². The number of hydrogen-bond acceptors (Lipinski definition) is 6. The maximum Gasteiger partial charge on any atom is 0.292 e. The minimum Gasteiger partial charge on any atom is -0.494 e. The molecule has 1 aromatic carbocycles. The molecule has 2 heterocycles. The van der Waals surface area contributed by atoms with Crippen molar-refractivity contribution < 1.29 is 18.7 Å². The van der Waals surface area contributed by atoms with Crippen LogP contribution in [0.1, 0.15) is 28.8 Å². The fourth-order valence-corrected chi connectivity index (χ4v) is 2.37. The zero-order chi connectivity index (χ0) is 19.2. The number of amides is 1. The van der Waals surface area contributed by atoms with Crippen LogP contribution in [0.5, 0.6) is 11.5 Å². The van der Waals surface area contributed by atoms with Crippen molar-refractivity contribution in [1.29, 1.82) is 5.26 Å². The zero-order valence-electron chi connectivity index (χ0n) is 14.9. The summed E-state index contributed by atoms with van der Waals surface area (Å²) in [6.45, 7) is 2.70. The molecular formula is C19H18N4O4. The number of nitriles is 1. The number of hydrogen-bond donors (Lipinski definition) is 1. The predicted octanol–water partition coefficient (Wildman–Crippen LogP) is 3.11. The highest BCUT2D eigenvalue weighted by Crippen LogP contribution is 2.20. The Morgan fingerprint density at radius 1 is 1.22 bits per heavy atom. The Kier molecular flexibility index (Phi) is 5.42. The molecular weight excluding hydrogens is 348 g/mol. The van der Waals surface area contributed by atoms with Gasteiger partial charge in [-0.3, -0.25) is 9.48 Å². The van der Waals surface area contributed by atoms with E-state index < -0.39 is 5.91 Å². The van der Waals surface area contributed by atoms with E-state index in [-0.39, 0.29) is 17.9 Å². The fourth-order valence-electron chi connectivity index (χ4n) is 2.37. The van der Waals surface area contributed by atoms with Gasteiger partial charge >= 0.3 is 0 Å². The Hall–Kier alpha value is -3.73. The lowest BCUT2D eigenvalue weighted by Gasteiger charge is -2.06. The molecule has 0 radical (unpaired) electrons. The quantitative estimate of drug-likeness (QED) is 0.689. The molecule has 138 valence electrons. The molecule has 8 nitrogen and oxygen atoms in total. The molecule has 0 saturated heterocycles. The first-order valence-electron chi connectivity index (χ1n) is 8.28. The second kappa shape index (κ2) is 8.10. The van der Waals surface area contributed by atoms with E-state index in [1.54, 1.807) is 31.3 Å². The lowest BCUT2D eigenvalue weighted by Crippen LogP contribution is -2.14. The number of rotatable bonds is 7. The minimum atomic E-state index is -0.470. The third kappa shape index (κ3) is 4.27. The molecule has 0 atom stereocenters. The maximum absolute atomic E-state index is 12.3. The summed E-state index contributed by atoms with van der Waals surface area (Å²) >= 11 is 0. The van der Waals surface area contributed by atoms with E-state index in [2.05, 4.69) is 10.4 Å². The van der Waals surface area contributed by atoms with Gasteiger partial charge in [0, 0.05) is 7.05 Å². The lowest BCUT2D eigenvalue weighted by atomic mass is 10.3. The average molecular weight is 366 g/mol. The van der Waals surface area contributed by atoms with Gasteiger partial charge in [-0.25, -0.2) is 0 Å². The Balaban J connectivity index is 1.60. The highest BCUT2D eigenvalue weighted by atomic mass is 16.5. The van der Waals surface area contributed by atoms with Crippen LogP contribution in [-0.4, -0.2) is 22.3 Å². The third-order valence-corrected chi connectivity index (χ3v) is 3.69. The van der Waals surface area contributed by atoms with Crippen molar-refractivity contribution in [2.75, 3.05) is 11.9 Å². The summed E-state index contributed by atoms with van der Waals surface area (Å²) < 4.78 is 17.9. The Morgan fingerprint density at radius 3 is 2.59 bits per heavy atom. The number of furan rings is 1. The monoisotopic (exact) mass is 366 g/mol. The number of carbonyl (C=O) groups excluding carboxylic acids is 1. The van der Waals surface area contributed by atoms with E-state index in [1.807, 2.05) is 25.1 Å². The highest BCUT2D eigenvalue weighted by Gasteiger charge is 2.16. The molecule has 0 aliphatic heterocycles. The summed E-state index contributed by atoms with van der Waals surface area (Å²) in [5.41, 5.74) is 0.275. The van der Waals surface area contributed by atoms with Crippen LogP contribution in [0.3, 0.4) is 0 Å². The van der Waals surface area contributed by atoms with Gasteiger partial charge in [0.1, 0.15) is 41.3 Å². The molecule has 27 heavy (non-hydrogen) atoms. The van der Waals surface area contributed by atoms with Crippen LogP contribution in [0.2, 0.25) is 0 Å². The van der Waals surface area contributed by atoms with Gasteiger partial charge in [0.2, 0.25) is 0 Å². The van der Waals surface area contributed by atoms with Gasteiger partial charge in [0.25, 0.3) is 5.91 Å². The first-order chi connectivity index (χ1) is 13.1. The van der Waals surface area contributed by atoms with E-state index in [0.717, 1.165) is 5.75 Å². The summed E-state index contributed by atoms with van der Waals surface area (Å²) in [6.07, 6.45) is 1.38. The summed E-state index contributed by atoms with van der Waals surface area (Å²) in [7, 11) is 1.63. The summed E-state index contributed by atoms with van der Waals surface area (Å²) in [4.78, 5) is 12.3. The predicted molar refractivity (Wildman–Crippen MR) is 96.5 cm³/mol. The minimum absolute atomic E-state index is 0.116. The number of carbonyl (C=O) groups is 1. The Bertz CT molecular complexity index is 967. The molecule has 1 amide bonds. The number of aromatic nitrogens is 2. The first kappa shape index (κ1) is 18.1. The van der Waals surface area contributed by atoms with E-state index in [0.29, 0.717) is 23.9 Å². The van der Waals surface area contributed by atoms with Crippen molar-refractivity contribution in [3.63, 3.8) is 0 Å². The second-order valence-corrected chi connectivity index (χ2v) is 5.56. The van der Waals surface area contributed by atoms with Crippen LogP contribution in [0, 0.1) is 11.3 Å². The normalized spacial score (nSPS) is 10.3. The zero-order valence-corrected chi connectivity index (χ0v) is 14.9. The summed E-state index contributed by atoms with van der Waals surface area (Å²) in [5.74, 6) is 1.89.